The number of amides is 1. The van der Waals surface area contributed by atoms with Gasteiger partial charge in [-0.1, -0.05) is 6.07 Å². The number of aromatic nitrogens is 2. The van der Waals surface area contributed by atoms with Crippen LogP contribution in [0, 0.1) is 6.92 Å². The number of ether oxygens (including phenoxy) is 3. The molecule has 2 aromatic carbocycles. The SMILES string of the molecule is COc1ccc(C)cc1NC(=O)c1cc(Nc2ccc3c(c2)OCCO3)ncn1. The molecule has 0 saturated carbocycles. The van der Waals surface area contributed by atoms with E-state index in [1.54, 1.807) is 19.2 Å². The van der Waals surface area contributed by atoms with Crippen LogP contribution in [-0.4, -0.2) is 36.2 Å². The minimum atomic E-state index is -0.360. The quantitative estimate of drug-likeness (QED) is 0.685. The normalized spacial score (nSPS) is 12.2. The number of carbonyl (C=O) groups excluding carboxylic acids is 1. The number of nitrogens with one attached hydrogen (secondary N) is 2. The molecule has 1 aromatic heterocycles. The summed E-state index contributed by atoms with van der Waals surface area (Å²) in [4.78, 5) is 20.9. The zero-order chi connectivity index (χ0) is 20.2. The summed E-state index contributed by atoms with van der Waals surface area (Å²) in [5.41, 5.74) is 2.57. The van der Waals surface area contributed by atoms with Crippen molar-refractivity contribution in [2.24, 2.45) is 0 Å². The lowest BCUT2D eigenvalue weighted by atomic mass is 10.2. The van der Waals surface area contributed by atoms with E-state index in [1.165, 1.54) is 6.33 Å². The molecule has 3 aromatic rings. The van der Waals surface area contributed by atoms with Crippen LogP contribution in [0.25, 0.3) is 0 Å². The minimum Gasteiger partial charge on any atom is -0.495 e. The third-order valence-corrected chi connectivity index (χ3v) is 4.32. The molecule has 0 radical (unpaired) electrons. The average molecular weight is 392 g/mol. The summed E-state index contributed by atoms with van der Waals surface area (Å²) < 4.78 is 16.4. The van der Waals surface area contributed by atoms with E-state index in [9.17, 15) is 4.79 Å². The molecule has 0 saturated heterocycles. The molecule has 4 rings (SSSR count). The Morgan fingerprint density at radius 2 is 1.86 bits per heavy atom. The fourth-order valence-corrected chi connectivity index (χ4v) is 2.92. The number of methoxy groups -OCH3 is 1. The molecule has 0 aliphatic carbocycles. The molecule has 0 spiro atoms. The van der Waals surface area contributed by atoms with Gasteiger partial charge in [0.15, 0.2) is 11.5 Å². The van der Waals surface area contributed by atoms with E-state index in [4.69, 9.17) is 14.2 Å². The summed E-state index contributed by atoms with van der Waals surface area (Å²) in [6.45, 7) is 2.99. The van der Waals surface area contributed by atoms with Gasteiger partial charge in [-0.25, -0.2) is 9.97 Å². The van der Waals surface area contributed by atoms with Gasteiger partial charge in [0.05, 0.1) is 12.8 Å². The molecule has 2 heterocycles. The Labute approximate surface area is 167 Å². The summed E-state index contributed by atoms with van der Waals surface area (Å²) in [7, 11) is 1.56. The van der Waals surface area contributed by atoms with E-state index in [-0.39, 0.29) is 11.6 Å². The largest absolute Gasteiger partial charge is 0.495 e. The van der Waals surface area contributed by atoms with Crippen LogP contribution in [0.2, 0.25) is 0 Å². The zero-order valence-corrected chi connectivity index (χ0v) is 16.1. The number of hydrogen-bond donors (Lipinski definition) is 2. The Morgan fingerprint density at radius 1 is 1.03 bits per heavy atom. The van der Waals surface area contributed by atoms with Crippen molar-refractivity contribution < 1.29 is 19.0 Å². The summed E-state index contributed by atoms with van der Waals surface area (Å²) in [5, 5.41) is 5.99. The second-order valence-electron chi connectivity index (χ2n) is 6.43. The molecular formula is C21H20N4O4. The second kappa shape index (κ2) is 8.05. The predicted octanol–water partition coefficient (Wildman–Crippen LogP) is 3.56. The van der Waals surface area contributed by atoms with Crippen molar-refractivity contribution in [1.82, 2.24) is 9.97 Å². The van der Waals surface area contributed by atoms with Gasteiger partial charge in [0.2, 0.25) is 0 Å². The van der Waals surface area contributed by atoms with Gasteiger partial charge in [0.25, 0.3) is 5.91 Å². The van der Waals surface area contributed by atoms with Gasteiger partial charge in [-0.15, -0.1) is 0 Å². The van der Waals surface area contributed by atoms with Crippen molar-refractivity contribution in [1.29, 1.82) is 0 Å². The number of rotatable bonds is 5. The van der Waals surface area contributed by atoms with Crippen molar-refractivity contribution in [3.05, 3.63) is 60.0 Å². The van der Waals surface area contributed by atoms with E-state index >= 15 is 0 Å². The standard InChI is InChI=1S/C21H20N4O4/c1-13-3-5-17(27-2)15(9-13)25-21(26)16-11-20(23-12-22-16)24-14-4-6-18-19(10-14)29-8-7-28-18/h3-6,9-12H,7-8H2,1-2H3,(H,25,26)(H,22,23,24). The molecule has 1 aliphatic heterocycles. The van der Waals surface area contributed by atoms with Crippen LogP contribution < -0.4 is 24.8 Å². The molecule has 148 valence electrons. The summed E-state index contributed by atoms with van der Waals surface area (Å²) in [6, 6.07) is 12.6. The maximum absolute atomic E-state index is 12.7. The Balaban J connectivity index is 1.51. The van der Waals surface area contributed by atoms with Crippen molar-refractivity contribution >= 4 is 23.1 Å². The van der Waals surface area contributed by atoms with Crippen LogP contribution in [0.5, 0.6) is 17.2 Å². The molecule has 29 heavy (non-hydrogen) atoms. The highest BCUT2D eigenvalue weighted by atomic mass is 16.6. The molecule has 1 amide bonds. The molecular weight excluding hydrogens is 372 g/mol. The first-order chi connectivity index (χ1) is 14.1. The van der Waals surface area contributed by atoms with Crippen LogP contribution in [-0.2, 0) is 0 Å². The first-order valence-electron chi connectivity index (χ1n) is 9.07. The van der Waals surface area contributed by atoms with Crippen molar-refractivity contribution in [3.63, 3.8) is 0 Å². The maximum atomic E-state index is 12.7. The predicted molar refractivity (Wildman–Crippen MR) is 108 cm³/mol. The van der Waals surface area contributed by atoms with E-state index in [1.807, 2.05) is 37.3 Å². The highest BCUT2D eigenvalue weighted by molar-refractivity contribution is 6.04. The van der Waals surface area contributed by atoms with Crippen LogP contribution in [0.3, 0.4) is 0 Å². The number of benzene rings is 2. The second-order valence-corrected chi connectivity index (χ2v) is 6.43. The Hall–Kier alpha value is -3.81. The van der Waals surface area contributed by atoms with E-state index in [0.29, 0.717) is 42.0 Å². The minimum absolute atomic E-state index is 0.226. The van der Waals surface area contributed by atoms with Crippen molar-refractivity contribution in [3.8, 4) is 17.2 Å². The topological polar surface area (TPSA) is 94.6 Å². The molecule has 1 aliphatic rings. The number of hydrogen-bond acceptors (Lipinski definition) is 7. The van der Waals surface area contributed by atoms with Gasteiger partial charge >= 0.3 is 0 Å². The van der Waals surface area contributed by atoms with Gasteiger partial charge in [-0.2, -0.15) is 0 Å². The first-order valence-corrected chi connectivity index (χ1v) is 9.07. The van der Waals surface area contributed by atoms with E-state index in [0.717, 1.165) is 11.3 Å². The Kier molecular flexibility index (Phi) is 5.15. The van der Waals surface area contributed by atoms with Crippen molar-refractivity contribution in [2.75, 3.05) is 31.0 Å². The van der Waals surface area contributed by atoms with Gasteiger partial charge in [0.1, 0.15) is 36.8 Å². The third-order valence-electron chi connectivity index (χ3n) is 4.32. The maximum Gasteiger partial charge on any atom is 0.274 e. The van der Waals surface area contributed by atoms with Crippen LogP contribution in [0.4, 0.5) is 17.2 Å². The fourth-order valence-electron chi connectivity index (χ4n) is 2.92. The van der Waals surface area contributed by atoms with Crippen molar-refractivity contribution in [2.45, 2.75) is 6.92 Å². The summed E-state index contributed by atoms with van der Waals surface area (Å²) in [6.07, 6.45) is 1.34. The third kappa shape index (κ3) is 4.21. The number of anilines is 3. The monoisotopic (exact) mass is 392 g/mol. The van der Waals surface area contributed by atoms with Crippen LogP contribution in [0.1, 0.15) is 16.1 Å². The fraction of sp³-hybridized carbons (Fsp3) is 0.190. The lowest BCUT2D eigenvalue weighted by Crippen LogP contribution is -2.15. The lowest BCUT2D eigenvalue weighted by Gasteiger charge is -2.19. The smallest absolute Gasteiger partial charge is 0.274 e. The highest BCUT2D eigenvalue weighted by Gasteiger charge is 2.14. The van der Waals surface area contributed by atoms with Gasteiger partial charge in [-0.3, -0.25) is 4.79 Å². The zero-order valence-electron chi connectivity index (χ0n) is 16.1. The number of aryl methyl sites for hydroxylation is 1. The number of fused-ring (bicyclic) bond motifs is 1. The number of carbonyl (C=O) groups is 1. The highest BCUT2D eigenvalue weighted by Crippen LogP contribution is 2.33. The lowest BCUT2D eigenvalue weighted by molar-refractivity contribution is 0.102. The summed E-state index contributed by atoms with van der Waals surface area (Å²) in [5.74, 6) is 2.07. The summed E-state index contributed by atoms with van der Waals surface area (Å²) >= 11 is 0. The Bertz CT molecular complexity index is 1050. The Morgan fingerprint density at radius 3 is 2.69 bits per heavy atom. The molecule has 0 fully saturated rings. The van der Waals surface area contributed by atoms with Crippen LogP contribution in [0.15, 0.2) is 48.8 Å². The molecule has 2 N–H and O–H groups in total. The van der Waals surface area contributed by atoms with E-state index in [2.05, 4.69) is 20.6 Å². The molecule has 0 atom stereocenters. The van der Waals surface area contributed by atoms with E-state index < -0.39 is 0 Å². The molecule has 8 nitrogen and oxygen atoms in total. The molecule has 0 bridgehead atoms. The van der Waals surface area contributed by atoms with Gasteiger partial charge < -0.3 is 24.8 Å². The van der Waals surface area contributed by atoms with Gasteiger partial charge in [-0.05, 0) is 36.8 Å². The van der Waals surface area contributed by atoms with Gasteiger partial charge in [0, 0.05) is 17.8 Å². The number of nitrogens with zero attached hydrogens (tertiary/aromatic N) is 2. The molecule has 0 unspecified atom stereocenters. The molecule has 8 heteroatoms. The first kappa shape index (κ1) is 18.5. The average Bonchev–Trinajstić information content (AvgIpc) is 2.74. The van der Waals surface area contributed by atoms with Crippen LogP contribution >= 0.6 is 0 Å².